The molecule has 0 rings (SSSR count). The van der Waals surface area contributed by atoms with Crippen LogP contribution in [0, 0.1) is 5.92 Å². The van der Waals surface area contributed by atoms with Crippen LogP contribution in [0.5, 0.6) is 0 Å². The summed E-state index contributed by atoms with van der Waals surface area (Å²) in [5.41, 5.74) is 0. The molecule has 128 valence electrons. The summed E-state index contributed by atoms with van der Waals surface area (Å²) in [6, 6.07) is 0.402. The van der Waals surface area contributed by atoms with Crippen molar-refractivity contribution in [3.8, 4) is 0 Å². The van der Waals surface area contributed by atoms with Gasteiger partial charge in [-0.05, 0) is 40.3 Å². The highest BCUT2D eigenvalue weighted by Gasteiger charge is 2.13. The molecule has 0 aliphatic rings. The number of ether oxygens (including phenoxy) is 2. The van der Waals surface area contributed by atoms with E-state index in [4.69, 9.17) is 9.47 Å². The van der Waals surface area contributed by atoms with Crippen LogP contribution in [-0.4, -0.2) is 75.3 Å². The largest absolute Gasteiger partial charge is 0.389 e. The molecule has 0 aromatic carbocycles. The maximum atomic E-state index is 9.93. The summed E-state index contributed by atoms with van der Waals surface area (Å²) in [6.45, 7) is 11.4. The monoisotopic (exact) mass is 304 g/mol. The number of rotatable bonds is 13. The molecule has 2 unspecified atom stereocenters. The zero-order valence-electron chi connectivity index (χ0n) is 14.8. The van der Waals surface area contributed by atoms with Gasteiger partial charge in [0.05, 0.1) is 32.0 Å². The standard InChI is InChI=1S/C16H36N2O3/c1-13(2)9-15(11-18(5)6)17-10-16(19)12-20-7-8-21-14(3)4/h13-17,19H,7-12H2,1-6H3. The van der Waals surface area contributed by atoms with E-state index in [0.717, 1.165) is 13.0 Å². The highest BCUT2D eigenvalue weighted by molar-refractivity contribution is 4.73. The molecule has 0 aliphatic carbocycles. The Morgan fingerprint density at radius 2 is 1.76 bits per heavy atom. The van der Waals surface area contributed by atoms with Gasteiger partial charge in [0.2, 0.25) is 0 Å². The Labute approximate surface area is 131 Å². The Morgan fingerprint density at radius 3 is 2.29 bits per heavy atom. The Balaban J connectivity index is 3.77. The van der Waals surface area contributed by atoms with Gasteiger partial charge in [0.15, 0.2) is 0 Å². The van der Waals surface area contributed by atoms with Crippen LogP contribution in [0.25, 0.3) is 0 Å². The van der Waals surface area contributed by atoms with Crippen molar-refractivity contribution in [2.45, 2.75) is 52.4 Å². The second kappa shape index (κ2) is 12.4. The van der Waals surface area contributed by atoms with E-state index in [-0.39, 0.29) is 6.10 Å². The molecule has 0 aliphatic heterocycles. The predicted octanol–water partition coefficient (Wildman–Crippen LogP) is 1.35. The van der Waals surface area contributed by atoms with Gasteiger partial charge in [-0.2, -0.15) is 0 Å². The Bertz CT molecular complexity index is 226. The molecule has 0 saturated carbocycles. The third-order valence-corrected chi connectivity index (χ3v) is 2.97. The van der Waals surface area contributed by atoms with Crippen LogP contribution in [0.4, 0.5) is 0 Å². The van der Waals surface area contributed by atoms with Gasteiger partial charge in [0.25, 0.3) is 0 Å². The maximum Gasteiger partial charge on any atom is 0.0897 e. The van der Waals surface area contributed by atoms with E-state index in [9.17, 15) is 5.11 Å². The lowest BCUT2D eigenvalue weighted by Gasteiger charge is -2.25. The zero-order valence-corrected chi connectivity index (χ0v) is 14.8. The van der Waals surface area contributed by atoms with Gasteiger partial charge < -0.3 is 24.8 Å². The lowest BCUT2D eigenvalue weighted by molar-refractivity contribution is -0.0107. The van der Waals surface area contributed by atoms with E-state index in [1.54, 1.807) is 0 Å². The minimum atomic E-state index is -0.471. The first-order chi connectivity index (χ1) is 9.81. The molecule has 5 nitrogen and oxygen atoms in total. The van der Waals surface area contributed by atoms with E-state index >= 15 is 0 Å². The van der Waals surface area contributed by atoms with E-state index in [1.165, 1.54) is 0 Å². The summed E-state index contributed by atoms with van der Waals surface area (Å²) in [7, 11) is 4.15. The number of hydrogen-bond donors (Lipinski definition) is 2. The summed E-state index contributed by atoms with van der Waals surface area (Å²) in [4.78, 5) is 2.17. The Kier molecular flexibility index (Phi) is 12.2. The molecule has 2 N–H and O–H groups in total. The van der Waals surface area contributed by atoms with E-state index in [1.807, 2.05) is 13.8 Å². The minimum absolute atomic E-state index is 0.225. The number of aliphatic hydroxyl groups is 1. The molecule has 0 fully saturated rings. The Hall–Kier alpha value is -0.200. The van der Waals surface area contributed by atoms with Gasteiger partial charge in [0.1, 0.15) is 0 Å². The average molecular weight is 304 g/mol. The lowest BCUT2D eigenvalue weighted by atomic mass is 10.0. The summed E-state index contributed by atoms with van der Waals surface area (Å²) >= 11 is 0. The first-order valence-corrected chi connectivity index (χ1v) is 8.06. The molecule has 0 amide bonds. The molecular formula is C16H36N2O3. The van der Waals surface area contributed by atoms with Crippen molar-refractivity contribution in [2.75, 3.05) is 47.0 Å². The van der Waals surface area contributed by atoms with Crippen LogP contribution < -0.4 is 5.32 Å². The van der Waals surface area contributed by atoms with Crippen LogP contribution in [0.15, 0.2) is 0 Å². The smallest absolute Gasteiger partial charge is 0.0897 e. The fourth-order valence-corrected chi connectivity index (χ4v) is 2.16. The van der Waals surface area contributed by atoms with Crippen LogP contribution >= 0.6 is 0 Å². The summed E-state index contributed by atoms with van der Waals surface area (Å²) < 4.78 is 10.8. The average Bonchev–Trinajstić information content (AvgIpc) is 2.33. The first-order valence-electron chi connectivity index (χ1n) is 8.06. The van der Waals surface area contributed by atoms with Crippen molar-refractivity contribution in [2.24, 2.45) is 5.92 Å². The predicted molar refractivity (Wildman–Crippen MR) is 87.7 cm³/mol. The molecule has 0 bridgehead atoms. The molecule has 0 saturated heterocycles. The van der Waals surface area contributed by atoms with Crippen molar-refractivity contribution >= 4 is 0 Å². The lowest BCUT2D eigenvalue weighted by Crippen LogP contribution is -2.43. The number of hydrogen-bond acceptors (Lipinski definition) is 5. The second-order valence-electron chi connectivity index (χ2n) is 6.65. The maximum absolute atomic E-state index is 9.93. The molecule has 5 heteroatoms. The highest BCUT2D eigenvalue weighted by Crippen LogP contribution is 2.05. The summed E-state index contributed by atoms with van der Waals surface area (Å²) in [5.74, 6) is 0.643. The van der Waals surface area contributed by atoms with Crippen molar-refractivity contribution in [1.82, 2.24) is 10.2 Å². The quantitative estimate of drug-likeness (QED) is 0.503. The Morgan fingerprint density at radius 1 is 1.10 bits per heavy atom. The number of likely N-dealkylation sites (N-methyl/N-ethyl adjacent to an activating group) is 1. The second-order valence-corrected chi connectivity index (χ2v) is 6.65. The van der Waals surface area contributed by atoms with Gasteiger partial charge in [0, 0.05) is 19.1 Å². The molecule has 2 atom stereocenters. The molecule has 0 heterocycles. The number of nitrogens with one attached hydrogen (secondary N) is 1. The van der Waals surface area contributed by atoms with Gasteiger partial charge in [-0.25, -0.2) is 0 Å². The van der Waals surface area contributed by atoms with Gasteiger partial charge >= 0.3 is 0 Å². The van der Waals surface area contributed by atoms with Gasteiger partial charge in [-0.15, -0.1) is 0 Å². The summed E-state index contributed by atoms with van der Waals surface area (Å²) in [6.07, 6.45) is 0.859. The minimum Gasteiger partial charge on any atom is -0.389 e. The number of aliphatic hydroxyl groups excluding tert-OH is 1. The van der Waals surface area contributed by atoms with E-state index < -0.39 is 6.10 Å². The number of nitrogens with zero attached hydrogens (tertiary/aromatic N) is 1. The fourth-order valence-electron chi connectivity index (χ4n) is 2.16. The van der Waals surface area contributed by atoms with Gasteiger partial charge in [-0.3, -0.25) is 0 Å². The third-order valence-electron chi connectivity index (χ3n) is 2.97. The zero-order chi connectivity index (χ0) is 16.3. The van der Waals surface area contributed by atoms with Crippen molar-refractivity contribution in [3.05, 3.63) is 0 Å². The molecular weight excluding hydrogens is 268 g/mol. The summed E-state index contributed by atoms with van der Waals surface area (Å²) in [5, 5.41) is 13.4. The normalized spacial score (nSPS) is 15.1. The molecule has 0 spiro atoms. The third kappa shape index (κ3) is 14.5. The van der Waals surface area contributed by atoms with E-state index in [2.05, 4.69) is 38.2 Å². The molecule has 0 aromatic heterocycles. The van der Waals surface area contributed by atoms with Crippen molar-refractivity contribution in [1.29, 1.82) is 0 Å². The van der Waals surface area contributed by atoms with Crippen LogP contribution in [0.3, 0.4) is 0 Å². The van der Waals surface area contributed by atoms with Gasteiger partial charge in [-0.1, -0.05) is 13.8 Å². The fraction of sp³-hybridized carbons (Fsp3) is 1.00. The van der Waals surface area contributed by atoms with Crippen LogP contribution in [0.1, 0.15) is 34.1 Å². The van der Waals surface area contributed by atoms with Crippen molar-refractivity contribution < 1.29 is 14.6 Å². The topological polar surface area (TPSA) is 54.0 Å². The van der Waals surface area contributed by atoms with Crippen molar-refractivity contribution in [3.63, 3.8) is 0 Å². The van der Waals surface area contributed by atoms with E-state index in [0.29, 0.717) is 38.3 Å². The molecule has 21 heavy (non-hydrogen) atoms. The highest BCUT2D eigenvalue weighted by atomic mass is 16.5. The molecule has 0 radical (unpaired) electrons. The van der Waals surface area contributed by atoms with Crippen LogP contribution in [-0.2, 0) is 9.47 Å². The first kappa shape index (κ1) is 20.8. The molecule has 0 aromatic rings. The van der Waals surface area contributed by atoms with Crippen LogP contribution in [0.2, 0.25) is 0 Å². The SMILES string of the molecule is CC(C)CC(CN(C)C)NCC(O)COCCOC(C)C.